The van der Waals surface area contributed by atoms with E-state index in [-0.39, 0.29) is 18.0 Å². The van der Waals surface area contributed by atoms with Crippen molar-refractivity contribution in [2.45, 2.75) is 73.9 Å². The molecule has 0 saturated heterocycles. The van der Waals surface area contributed by atoms with E-state index >= 15 is 0 Å². The van der Waals surface area contributed by atoms with E-state index in [2.05, 4.69) is 34.2 Å². The maximum Gasteiger partial charge on any atom is 0.251 e. The van der Waals surface area contributed by atoms with Crippen molar-refractivity contribution in [1.82, 2.24) is 24.7 Å². The minimum atomic E-state index is -1.39. The summed E-state index contributed by atoms with van der Waals surface area (Å²) >= 11 is 1.44. The molecule has 5 rings (SSSR count). The number of hydrogen-bond donors (Lipinski definition) is 2. The second kappa shape index (κ2) is 10.6. The van der Waals surface area contributed by atoms with Crippen molar-refractivity contribution >= 4 is 23.2 Å². The predicted octanol–water partition coefficient (Wildman–Crippen LogP) is 4.77. The largest absolute Gasteiger partial charge is 0.381 e. The minimum absolute atomic E-state index is 0.0444. The lowest BCUT2D eigenvalue weighted by Crippen LogP contribution is -2.47. The Morgan fingerprint density at radius 2 is 1.79 bits per heavy atom. The van der Waals surface area contributed by atoms with Crippen molar-refractivity contribution in [3.8, 4) is 23.3 Å². The zero-order valence-electron chi connectivity index (χ0n) is 22.0. The van der Waals surface area contributed by atoms with Gasteiger partial charge in [-0.3, -0.25) is 9.48 Å². The Bertz CT molecular complexity index is 1630. The van der Waals surface area contributed by atoms with Gasteiger partial charge in [0.05, 0.1) is 35.1 Å². The molecule has 1 aromatic carbocycles. The Morgan fingerprint density at radius 3 is 2.49 bits per heavy atom. The predicted molar refractivity (Wildman–Crippen MR) is 147 cm³/mol. The van der Waals surface area contributed by atoms with Crippen molar-refractivity contribution < 1.29 is 9.90 Å². The van der Waals surface area contributed by atoms with Gasteiger partial charge in [-0.1, -0.05) is 23.9 Å². The van der Waals surface area contributed by atoms with Crippen LogP contribution >= 0.6 is 11.8 Å². The molecule has 0 radical (unpaired) electrons. The molecule has 1 aliphatic rings. The van der Waals surface area contributed by atoms with Crippen molar-refractivity contribution in [1.29, 1.82) is 10.5 Å². The molecule has 2 N–H and O–H groups in total. The smallest absolute Gasteiger partial charge is 0.251 e. The van der Waals surface area contributed by atoms with Gasteiger partial charge in [-0.15, -0.1) is 0 Å². The first-order chi connectivity index (χ1) is 18.7. The number of nitrogens with one attached hydrogen (secondary N) is 1. The number of amides is 1. The molecule has 0 aliphatic heterocycles. The zero-order valence-corrected chi connectivity index (χ0v) is 22.9. The number of nitriles is 2. The van der Waals surface area contributed by atoms with Gasteiger partial charge < -0.3 is 10.4 Å². The summed E-state index contributed by atoms with van der Waals surface area (Å²) in [7, 11) is 0. The molecule has 0 atom stereocenters. The number of benzene rings is 1. The van der Waals surface area contributed by atoms with Crippen molar-refractivity contribution in [2.75, 3.05) is 0 Å². The third-order valence-electron chi connectivity index (χ3n) is 7.21. The maximum absolute atomic E-state index is 12.2. The van der Waals surface area contributed by atoms with Gasteiger partial charge in [-0.25, -0.2) is 4.52 Å². The molecule has 198 valence electrons. The monoisotopic (exact) mass is 539 g/mol. The van der Waals surface area contributed by atoms with Crippen LogP contribution in [0.4, 0.5) is 0 Å². The van der Waals surface area contributed by atoms with Crippen LogP contribution in [-0.2, 0) is 4.79 Å². The van der Waals surface area contributed by atoms with E-state index in [1.165, 1.54) is 25.6 Å². The van der Waals surface area contributed by atoms with Crippen LogP contribution in [0.3, 0.4) is 0 Å². The lowest BCUT2D eigenvalue weighted by Gasteiger charge is -2.31. The quantitative estimate of drug-likeness (QED) is 0.361. The molecular weight excluding hydrogens is 510 g/mol. The van der Waals surface area contributed by atoms with E-state index in [4.69, 9.17) is 5.10 Å². The lowest BCUT2D eigenvalue weighted by molar-refractivity contribution is -0.137. The molecule has 0 bridgehead atoms. The van der Waals surface area contributed by atoms with E-state index in [0.29, 0.717) is 16.6 Å². The molecule has 1 saturated carbocycles. The fraction of sp³-hybridized carbons (Fsp3) is 0.345. The number of aromatic nitrogens is 4. The molecule has 1 aliphatic carbocycles. The summed E-state index contributed by atoms with van der Waals surface area (Å²) < 4.78 is 3.79. The summed E-state index contributed by atoms with van der Waals surface area (Å²) in [6, 6.07) is 14.2. The standard InChI is InChI=1S/C29H29N7O2S/c1-18-24(16-33-36(18)23-10-8-22(9-11-23)34-28(37)29(2,3)38)20-12-26(27-21(14-31)15-32-35(27)17-20)39-25-7-5-4-6-19(25)13-30/h4-7,12,15-17,22-23,38H,8-11H2,1-3H3,(H,34,37)/t22-,23+. The van der Waals surface area contributed by atoms with Crippen LogP contribution in [-0.4, -0.2) is 42.1 Å². The molecular formula is C29H29N7O2S. The first-order valence-corrected chi connectivity index (χ1v) is 13.7. The van der Waals surface area contributed by atoms with Crippen LogP contribution in [0.15, 0.2) is 58.7 Å². The Hall–Kier alpha value is -4.12. The van der Waals surface area contributed by atoms with Crippen molar-refractivity contribution in [2.24, 2.45) is 0 Å². The van der Waals surface area contributed by atoms with E-state index in [1.54, 1.807) is 16.8 Å². The number of carbonyl (C=O) groups excluding carboxylic acids is 1. The highest BCUT2D eigenvalue weighted by atomic mass is 32.2. The minimum Gasteiger partial charge on any atom is -0.381 e. The highest BCUT2D eigenvalue weighted by molar-refractivity contribution is 7.99. The van der Waals surface area contributed by atoms with Gasteiger partial charge in [-0.2, -0.15) is 20.7 Å². The Labute approximate surface area is 231 Å². The lowest BCUT2D eigenvalue weighted by atomic mass is 9.90. The van der Waals surface area contributed by atoms with E-state index < -0.39 is 5.60 Å². The maximum atomic E-state index is 12.2. The Kier molecular flexibility index (Phi) is 7.17. The normalized spacial score (nSPS) is 17.5. The molecule has 1 amide bonds. The van der Waals surface area contributed by atoms with Crippen LogP contribution in [0.5, 0.6) is 0 Å². The van der Waals surface area contributed by atoms with Crippen LogP contribution in [0.1, 0.15) is 62.4 Å². The van der Waals surface area contributed by atoms with E-state index in [0.717, 1.165) is 52.3 Å². The van der Waals surface area contributed by atoms with Crippen LogP contribution < -0.4 is 5.32 Å². The first kappa shape index (κ1) is 26.5. The number of nitrogens with zero attached hydrogens (tertiary/aromatic N) is 6. The Morgan fingerprint density at radius 1 is 1.08 bits per heavy atom. The van der Waals surface area contributed by atoms with Gasteiger partial charge in [0.15, 0.2) is 0 Å². The SMILES string of the molecule is Cc1c(-c2cc(Sc3ccccc3C#N)c3c(C#N)cnn3c2)cnn1[C@H]1CC[C@@H](NC(=O)C(C)(C)O)CC1. The van der Waals surface area contributed by atoms with E-state index in [9.17, 15) is 20.4 Å². The summed E-state index contributed by atoms with van der Waals surface area (Å²) in [5, 5.41) is 41.3. The van der Waals surface area contributed by atoms with E-state index in [1.807, 2.05) is 36.7 Å². The molecule has 4 aromatic rings. The number of carbonyl (C=O) groups is 1. The van der Waals surface area contributed by atoms with Gasteiger partial charge in [-0.05, 0) is 64.7 Å². The molecule has 1 fully saturated rings. The molecule has 9 nitrogen and oxygen atoms in total. The molecule has 3 heterocycles. The number of hydrogen-bond acceptors (Lipinski definition) is 7. The Balaban J connectivity index is 1.43. The first-order valence-electron chi connectivity index (χ1n) is 12.9. The van der Waals surface area contributed by atoms with Gasteiger partial charge in [0.1, 0.15) is 17.7 Å². The topological polar surface area (TPSA) is 132 Å². The number of fused-ring (bicyclic) bond motifs is 1. The molecule has 10 heteroatoms. The zero-order chi connectivity index (χ0) is 27.7. The van der Waals surface area contributed by atoms with Crippen molar-refractivity contribution in [3.05, 3.63) is 65.7 Å². The molecule has 39 heavy (non-hydrogen) atoms. The van der Waals surface area contributed by atoms with Gasteiger partial charge in [0, 0.05) is 38.9 Å². The van der Waals surface area contributed by atoms with Crippen LogP contribution in [0, 0.1) is 29.6 Å². The summed E-state index contributed by atoms with van der Waals surface area (Å²) in [4.78, 5) is 13.8. The number of pyridine rings is 1. The summed E-state index contributed by atoms with van der Waals surface area (Å²) in [5.74, 6) is -0.344. The summed E-state index contributed by atoms with van der Waals surface area (Å²) in [6.07, 6.45) is 8.71. The molecule has 0 unspecified atom stereocenters. The third-order valence-corrected chi connectivity index (χ3v) is 8.32. The third kappa shape index (κ3) is 5.26. The molecule has 0 spiro atoms. The highest BCUT2D eigenvalue weighted by Crippen LogP contribution is 2.38. The average molecular weight is 540 g/mol. The summed E-state index contributed by atoms with van der Waals surface area (Å²) in [5.41, 5.74) is 3.28. The van der Waals surface area contributed by atoms with Gasteiger partial charge in [0.2, 0.25) is 0 Å². The van der Waals surface area contributed by atoms with Crippen LogP contribution in [0.2, 0.25) is 0 Å². The van der Waals surface area contributed by atoms with Crippen LogP contribution in [0.25, 0.3) is 16.6 Å². The summed E-state index contributed by atoms with van der Waals surface area (Å²) in [6.45, 7) is 5.04. The number of rotatable bonds is 6. The average Bonchev–Trinajstić information content (AvgIpc) is 3.52. The van der Waals surface area contributed by atoms with Crippen molar-refractivity contribution in [3.63, 3.8) is 0 Å². The highest BCUT2D eigenvalue weighted by Gasteiger charge is 2.30. The van der Waals surface area contributed by atoms with Gasteiger partial charge in [0.25, 0.3) is 5.91 Å². The fourth-order valence-electron chi connectivity index (χ4n) is 5.06. The number of aliphatic hydroxyl groups is 1. The second-order valence-corrected chi connectivity index (χ2v) is 11.5. The fourth-order valence-corrected chi connectivity index (χ4v) is 6.15. The second-order valence-electron chi connectivity index (χ2n) is 10.4. The molecule has 3 aromatic heterocycles. The van der Waals surface area contributed by atoms with Gasteiger partial charge >= 0.3 is 0 Å².